The van der Waals surface area contributed by atoms with Crippen LogP contribution in [-0.4, -0.2) is 11.2 Å². The molecule has 0 radical (unpaired) electrons. The van der Waals surface area contributed by atoms with Gasteiger partial charge in [0.2, 0.25) is 5.56 Å². The molecule has 2 atom stereocenters. The van der Waals surface area contributed by atoms with E-state index in [1.165, 1.54) is 16.7 Å². The van der Waals surface area contributed by atoms with Gasteiger partial charge in [0.15, 0.2) is 0 Å². The highest BCUT2D eigenvalue weighted by Gasteiger charge is 2.46. The van der Waals surface area contributed by atoms with Gasteiger partial charge in [0.1, 0.15) is 5.54 Å². The Hall–Kier alpha value is -3.46. The molecule has 1 aromatic heterocycles. The van der Waals surface area contributed by atoms with Crippen molar-refractivity contribution < 1.29 is 0 Å². The van der Waals surface area contributed by atoms with E-state index in [-0.39, 0.29) is 11.5 Å². The third-order valence-corrected chi connectivity index (χ3v) is 5.99. The van der Waals surface area contributed by atoms with E-state index in [2.05, 4.69) is 49.2 Å². The molecule has 0 spiro atoms. The van der Waals surface area contributed by atoms with Gasteiger partial charge in [-0.05, 0) is 43.5 Å². The van der Waals surface area contributed by atoms with Crippen LogP contribution in [0.4, 0.5) is 0 Å². The Bertz CT molecular complexity index is 1170. The number of benzene rings is 1. The molecule has 2 aliphatic rings. The smallest absolute Gasteiger partial charge is 0.248 e. The molecule has 3 nitrogen and oxygen atoms in total. The fourth-order valence-electron chi connectivity index (χ4n) is 4.80. The zero-order valence-corrected chi connectivity index (χ0v) is 18.1. The minimum absolute atomic E-state index is 0.0471. The summed E-state index contributed by atoms with van der Waals surface area (Å²) in [5, 5.41) is 0. The lowest BCUT2D eigenvalue weighted by Gasteiger charge is -2.45. The predicted molar refractivity (Wildman–Crippen MR) is 130 cm³/mol. The van der Waals surface area contributed by atoms with Crippen LogP contribution in [0.5, 0.6) is 0 Å². The first kappa shape index (κ1) is 20.8. The molecule has 2 aliphatic carbocycles. The van der Waals surface area contributed by atoms with E-state index in [1.807, 2.05) is 60.9 Å². The molecule has 1 heterocycles. The van der Waals surface area contributed by atoms with Crippen LogP contribution in [0.15, 0.2) is 106 Å². The van der Waals surface area contributed by atoms with E-state index in [1.54, 1.807) is 6.07 Å². The Morgan fingerprint density at radius 1 is 1.03 bits per heavy atom. The number of aromatic amines is 1. The number of hydrogen-bond donors (Lipinski definition) is 1. The highest BCUT2D eigenvalue weighted by molar-refractivity contribution is 5.73. The van der Waals surface area contributed by atoms with Crippen molar-refractivity contribution >= 4 is 12.3 Å². The van der Waals surface area contributed by atoms with Crippen molar-refractivity contribution in [3.63, 3.8) is 0 Å². The maximum Gasteiger partial charge on any atom is 0.248 e. The molecule has 4 rings (SSSR count). The minimum atomic E-state index is -0.433. The number of hydrogen-bond acceptors (Lipinski definition) is 2. The van der Waals surface area contributed by atoms with Crippen molar-refractivity contribution in [1.29, 1.82) is 0 Å². The number of rotatable bonds is 5. The first-order chi connectivity index (χ1) is 15.1. The molecule has 3 heteroatoms. The van der Waals surface area contributed by atoms with E-state index in [0.29, 0.717) is 0 Å². The minimum Gasteiger partial charge on any atom is -0.326 e. The van der Waals surface area contributed by atoms with Gasteiger partial charge in [0.25, 0.3) is 0 Å². The Morgan fingerprint density at radius 2 is 1.81 bits per heavy atom. The Labute approximate surface area is 184 Å². The van der Waals surface area contributed by atoms with E-state index in [9.17, 15) is 4.79 Å². The molecule has 0 saturated carbocycles. The number of aromatic nitrogens is 1. The summed E-state index contributed by atoms with van der Waals surface area (Å²) < 4.78 is 0. The van der Waals surface area contributed by atoms with Crippen molar-refractivity contribution in [1.82, 2.24) is 4.98 Å². The lowest BCUT2D eigenvalue weighted by Crippen LogP contribution is -2.40. The average Bonchev–Trinajstić information content (AvgIpc) is 2.75. The maximum atomic E-state index is 11.9. The second-order valence-corrected chi connectivity index (χ2v) is 8.14. The number of nitrogens with one attached hydrogen (secondary N) is 1. The molecule has 31 heavy (non-hydrogen) atoms. The normalized spacial score (nSPS) is 24.5. The molecule has 156 valence electrons. The summed E-state index contributed by atoms with van der Waals surface area (Å²) in [7, 11) is 0. The molecular weight excluding hydrogens is 380 g/mol. The van der Waals surface area contributed by atoms with Crippen LogP contribution in [0.25, 0.3) is 6.08 Å². The summed E-state index contributed by atoms with van der Waals surface area (Å²) in [5.41, 5.74) is 5.50. The Balaban J connectivity index is 1.56. The fourth-order valence-corrected chi connectivity index (χ4v) is 4.80. The highest BCUT2D eigenvalue weighted by atomic mass is 16.1. The van der Waals surface area contributed by atoms with Crippen molar-refractivity contribution in [2.75, 3.05) is 0 Å². The van der Waals surface area contributed by atoms with Gasteiger partial charge >= 0.3 is 0 Å². The first-order valence-electron chi connectivity index (χ1n) is 10.8. The van der Waals surface area contributed by atoms with Crippen LogP contribution in [0.2, 0.25) is 0 Å². The van der Waals surface area contributed by atoms with Gasteiger partial charge < -0.3 is 4.98 Å². The molecular formula is C28H28N2O. The standard InChI is InChI=1S/C28H28N2O/c1-3-24-23-18-21(2)20-28(24,25-15-16-27(31)30-26(25)19-23)29-17-11-6-4-5-8-12-22-13-9-7-10-14-22/h3-18,23H,19-20H2,1-2H3,(H,30,31)/b5-4+,11-6+,12-8+,24-3+,29-17?. The molecule has 0 saturated heterocycles. The summed E-state index contributed by atoms with van der Waals surface area (Å²) >= 11 is 0. The van der Waals surface area contributed by atoms with Crippen LogP contribution in [0, 0.1) is 5.92 Å². The van der Waals surface area contributed by atoms with Crippen LogP contribution >= 0.6 is 0 Å². The molecule has 0 amide bonds. The number of H-pyrrole nitrogens is 1. The summed E-state index contributed by atoms with van der Waals surface area (Å²) in [6.45, 7) is 4.27. The van der Waals surface area contributed by atoms with Crippen LogP contribution < -0.4 is 5.56 Å². The van der Waals surface area contributed by atoms with Gasteiger partial charge in [-0.25, -0.2) is 0 Å². The molecule has 2 bridgehead atoms. The SMILES string of the molecule is C/C=C1\C2C=C(C)CC1(N=C/C=C/C=C/C=C/c1ccccc1)c1ccc(=O)[nH]c1C2. The zero-order valence-electron chi connectivity index (χ0n) is 18.1. The summed E-state index contributed by atoms with van der Waals surface area (Å²) in [4.78, 5) is 20.0. The average molecular weight is 409 g/mol. The van der Waals surface area contributed by atoms with Crippen molar-refractivity contribution in [2.45, 2.75) is 32.2 Å². The topological polar surface area (TPSA) is 45.2 Å². The zero-order chi connectivity index (χ0) is 21.7. The van der Waals surface area contributed by atoms with E-state index in [4.69, 9.17) is 4.99 Å². The summed E-state index contributed by atoms with van der Waals surface area (Å²) in [5.74, 6) is 0.286. The molecule has 0 fully saturated rings. The molecule has 2 unspecified atom stereocenters. The van der Waals surface area contributed by atoms with E-state index < -0.39 is 5.54 Å². The maximum absolute atomic E-state index is 11.9. The number of nitrogens with zero attached hydrogens (tertiary/aromatic N) is 1. The summed E-state index contributed by atoms with van der Waals surface area (Å²) in [6.07, 6.45) is 20.2. The van der Waals surface area contributed by atoms with E-state index in [0.717, 1.165) is 24.1 Å². The van der Waals surface area contributed by atoms with Crippen LogP contribution in [0.1, 0.15) is 37.1 Å². The largest absolute Gasteiger partial charge is 0.326 e. The quantitative estimate of drug-likeness (QED) is 0.372. The molecule has 1 N–H and O–H groups in total. The number of allylic oxidation sites excluding steroid dienone is 7. The lowest BCUT2D eigenvalue weighted by atomic mass is 9.63. The fraction of sp³-hybridized carbons (Fsp3) is 0.214. The number of aliphatic imine (C=N–C) groups is 1. The van der Waals surface area contributed by atoms with Gasteiger partial charge in [-0.3, -0.25) is 9.79 Å². The van der Waals surface area contributed by atoms with Gasteiger partial charge in [-0.2, -0.15) is 0 Å². The van der Waals surface area contributed by atoms with Gasteiger partial charge in [-0.1, -0.05) is 78.4 Å². The predicted octanol–water partition coefficient (Wildman–Crippen LogP) is 5.94. The summed E-state index contributed by atoms with van der Waals surface area (Å²) in [6, 6.07) is 13.8. The van der Waals surface area contributed by atoms with Crippen molar-refractivity contribution in [3.8, 4) is 0 Å². The first-order valence-corrected chi connectivity index (χ1v) is 10.8. The van der Waals surface area contributed by atoms with Crippen molar-refractivity contribution in [3.05, 3.63) is 123 Å². The second-order valence-electron chi connectivity index (χ2n) is 8.14. The van der Waals surface area contributed by atoms with Crippen LogP contribution in [-0.2, 0) is 12.0 Å². The highest BCUT2D eigenvalue weighted by Crippen LogP contribution is 2.51. The lowest BCUT2D eigenvalue weighted by molar-refractivity contribution is 0.413. The third kappa shape index (κ3) is 4.36. The van der Waals surface area contributed by atoms with Crippen LogP contribution in [0.3, 0.4) is 0 Å². The molecule has 1 aromatic carbocycles. The van der Waals surface area contributed by atoms with Gasteiger partial charge in [-0.15, -0.1) is 0 Å². The number of pyridine rings is 1. The molecule has 0 aliphatic heterocycles. The molecule has 2 aromatic rings. The number of fused-ring (bicyclic) bond motifs is 4. The van der Waals surface area contributed by atoms with Crippen molar-refractivity contribution in [2.24, 2.45) is 10.9 Å². The van der Waals surface area contributed by atoms with E-state index >= 15 is 0 Å². The third-order valence-electron chi connectivity index (χ3n) is 5.99. The second kappa shape index (κ2) is 9.13. The Kier molecular flexibility index (Phi) is 6.13. The Morgan fingerprint density at radius 3 is 2.61 bits per heavy atom. The monoisotopic (exact) mass is 408 g/mol. The van der Waals surface area contributed by atoms with Gasteiger partial charge in [0, 0.05) is 35.9 Å². The van der Waals surface area contributed by atoms with Gasteiger partial charge in [0.05, 0.1) is 0 Å².